The molecule has 0 saturated heterocycles. The molecule has 1 heterocycles. The highest BCUT2D eigenvalue weighted by Gasteiger charge is 2.35. The summed E-state index contributed by atoms with van der Waals surface area (Å²) in [5.74, 6) is 0.159. The summed E-state index contributed by atoms with van der Waals surface area (Å²) in [4.78, 5) is 26.7. The summed E-state index contributed by atoms with van der Waals surface area (Å²) in [5.41, 5.74) is 1.98. The lowest BCUT2D eigenvalue weighted by Crippen LogP contribution is -2.47. The zero-order valence-electron chi connectivity index (χ0n) is 14.3. The molecule has 0 N–H and O–H groups in total. The number of para-hydroxylation sites is 2. The van der Waals surface area contributed by atoms with Gasteiger partial charge >= 0.3 is 5.97 Å². The van der Waals surface area contributed by atoms with E-state index in [0.29, 0.717) is 22.7 Å². The van der Waals surface area contributed by atoms with Gasteiger partial charge in [-0.25, -0.2) is 4.79 Å². The van der Waals surface area contributed by atoms with Gasteiger partial charge in [0.25, 0.3) is 5.91 Å². The molecular weight excluding hydrogens is 322 g/mol. The predicted octanol–water partition coefficient (Wildman–Crippen LogP) is 2.58. The third-order valence-electron chi connectivity index (χ3n) is 4.07. The first-order valence-electron chi connectivity index (χ1n) is 7.85. The quantitative estimate of drug-likeness (QED) is 0.803. The van der Waals surface area contributed by atoms with E-state index in [9.17, 15) is 9.59 Å². The second-order valence-electron chi connectivity index (χ2n) is 5.72. The lowest BCUT2D eigenvalue weighted by Gasteiger charge is -2.33. The zero-order valence-corrected chi connectivity index (χ0v) is 14.3. The van der Waals surface area contributed by atoms with Gasteiger partial charge in [0.05, 0.1) is 32.0 Å². The van der Waals surface area contributed by atoms with Crippen LogP contribution in [-0.2, 0) is 9.53 Å². The number of carbonyl (C=O) groups is 2. The lowest BCUT2D eigenvalue weighted by atomic mass is 10.1. The van der Waals surface area contributed by atoms with Crippen LogP contribution in [0, 0.1) is 6.92 Å². The van der Waals surface area contributed by atoms with Crippen LogP contribution >= 0.6 is 0 Å². The molecule has 1 aliphatic heterocycles. The molecule has 1 unspecified atom stereocenters. The molecule has 6 heteroatoms. The molecule has 1 amide bonds. The van der Waals surface area contributed by atoms with Gasteiger partial charge in [0, 0.05) is 0 Å². The Bertz CT molecular complexity index is 817. The van der Waals surface area contributed by atoms with E-state index in [1.54, 1.807) is 30.3 Å². The fourth-order valence-corrected chi connectivity index (χ4v) is 2.82. The normalized spacial score (nSPS) is 15.8. The predicted molar refractivity (Wildman–Crippen MR) is 92.3 cm³/mol. The highest BCUT2D eigenvalue weighted by Crippen LogP contribution is 2.35. The van der Waals surface area contributed by atoms with Crippen LogP contribution in [0.2, 0.25) is 0 Å². The number of benzene rings is 2. The fraction of sp³-hybridized carbons (Fsp3) is 0.263. The maximum Gasteiger partial charge on any atom is 0.348 e. The van der Waals surface area contributed by atoms with Gasteiger partial charge in [0.1, 0.15) is 11.5 Å². The monoisotopic (exact) mass is 341 g/mol. The van der Waals surface area contributed by atoms with Crippen LogP contribution in [0.25, 0.3) is 0 Å². The first-order chi connectivity index (χ1) is 12.0. The number of anilines is 1. The number of rotatable bonds is 3. The number of fused-ring (bicyclic) bond motifs is 1. The van der Waals surface area contributed by atoms with Gasteiger partial charge in [0.2, 0.25) is 6.10 Å². The van der Waals surface area contributed by atoms with Gasteiger partial charge < -0.3 is 19.1 Å². The number of methoxy groups -OCH3 is 2. The van der Waals surface area contributed by atoms with E-state index in [-0.39, 0.29) is 12.5 Å². The molecule has 6 nitrogen and oxygen atoms in total. The number of nitrogens with zero attached hydrogens (tertiary/aromatic N) is 1. The van der Waals surface area contributed by atoms with Crippen LogP contribution in [0.3, 0.4) is 0 Å². The zero-order chi connectivity index (χ0) is 18.0. The summed E-state index contributed by atoms with van der Waals surface area (Å²) in [6, 6.07) is 12.5. The lowest BCUT2D eigenvalue weighted by molar-refractivity contribution is -0.148. The van der Waals surface area contributed by atoms with Gasteiger partial charge in [-0.05, 0) is 31.2 Å². The highest BCUT2D eigenvalue weighted by atomic mass is 16.6. The molecular formula is C19H19NO5. The standard InChI is InChI=1S/C19H19NO5/c1-12-8-9-15(23-2)13(10-12)18(21)20-11-17(19(22)24-3)25-16-7-5-4-6-14(16)20/h4-10,17H,11H2,1-3H3. The van der Waals surface area contributed by atoms with Crippen molar-refractivity contribution in [3.05, 3.63) is 53.6 Å². The van der Waals surface area contributed by atoms with Gasteiger partial charge in [0.15, 0.2) is 0 Å². The van der Waals surface area contributed by atoms with E-state index in [1.807, 2.05) is 19.1 Å². The van der Waals surface area contributed by atoms with Gasteiger partial charge in [-0.2, -0.15) is 0 Å². The summed E-state index contributed by atoms with van der Waals surface area (Å²) in [6.07, 6.45) is -0.875. The number of esters is 1. The van der Waals surface area contributed by atoms with Crippen LogP contribution in [-0.4, -0.2) is 38.7 Å². The van der Waals surface area contributed by atoms with Crippen LogP contribution in [0.1, 0.15) is 15.9 Å². The van der Waals surface area contributed by atoms with Crippen LogP contribution in [0.5, 0.6) is 11.5 Å². The minimum atomic E-state index is -0.875. The molecule has 0 saturated carbocycles. The van der Waals surface area contributed by atoms with Crippen LogP contribution in [0.15, 0.2) is 42.5 Å². The topological polar surface area (TPSA) is 65.1 Å². The molecule has 130 valence electrons. The van der Waals surface area contributed by atoms with Crippen molar-refractivity contribution in [2.45, 2.75) is 13.0 Å². The number of hydrogen-bond acceptors (Lipinski definition) is 5. The summed E-state index contributed by atoms with van der Waals surface area (Å²) in [7, 11) is 2.81. The average Bonchev–Trinajstić information content (AvgIpc) is 2.65. The number of carbonyl (C=O) groups excluding carboxylic acids is 2. The Morgan fingerprint density at radius 3 is 2.64 bits per heavy atom. The first kappa shape index (κ1) is 16.8. The smallest absolute Gasteiger partial charge is 0.348 e. The van der Waals surface area contributed by atoms with Crippen molar-refractivity contribution in [1.29, 1.82) is 0 Å². The van der Waals surface area contributed by atoms with Gasteiger partial charge in [-0.1, -0.05) is 23.8 Å². The van der Waals surface area contributed by atoms with Crippen molar-refractivity contribution in [3.63, 3.8) is 0 Å². The summed E-state index contributed by atoms with van der Waals surface area (Å²) in [6.45, 7) is 1.97. The van der Waals surface area contributed by atoms with E-state index in [2.05, 4.69) is 0 Å². The molecule has 0 radical (unpaired) electrons. The molecule has 0 bridgehead atoms. The fourth-order valence-electron chi connectivity index (χ4n) is 2.82. The van der Waals surface area contributed by atoms with E-state index < -0.39 is 12.1 Å². The van der Waals surface area contributed by atoms with Crippen molar-refractivity contribution in [1.82, 2.24) is 0 Å². The molecule has 3 rings (SSSR count). The molecule has 0 fully saturated rings. The molecule has 0 aromatic heterocycles. The molecule has 0 spiro atoms. The van der Waals surface area contributed by atoms with E-state index >= 15 is 0 Å². The number of aryl methyl sites for hydroxylation is 1. The molecule has 1 aliphatic rings. The Morgan fingerprint density at radius 2 is 1.92 bits per heavy atom. The highest BCUT2D eigenvalue weighted by molar-refractivity contribution is 6.09. The molecule has 2 aromatic carbocycles. The summed E-state index contributed by atoms with van der Waals surface area (Å²) in [5, 5.41) is 0. The maximum atomic E-state index is 13.2. The van der Waals surface area contributed by atoms with Crippen LogP contribution < -0.4 is 14.4 Å². The number of hydrogen-bond donors (Lipinski definition) is 0. The third kappa shape index (κ3) is 3.15. The van der Waals surface area contributed by atoms with E-state index in [0.717, 1.165) is 5.56 Å². The van der Waals surface area contributed by atoms with Crippen molar-refractivity contribution in [2.24, 2.45) is 0 Å². The molecule has 2 aromatic rings. The van der Waals surface area contributed by atoms with E-state index in [1.165, 1.54) is 19.1 Å². The SMILES string of the molecule is COC(=O)C1CN(C(=O)c2cc(C)ccc2OC)c2ccccc2O1. The van der Waals surface area contributed by atoms with Crippen molar-refractivity contribution >= 4 is 17.6 Å². The Morgan fingerprint density at radius 1 is 1.16 bits per heavy atom. The van der Waals surface area contributed by atoms with Crippen molar-refractivity contribution in [2.75, 3.05) is 25.7 Å². The molecule has 0 aliphatic carbocycles. The van der Waals surface area contributed by atoms with Crippen molar-refractivity contribution < 1.29 is 23.8 Å². The van der Waals surface area contributed by atoms with E-state index in [4.69, 9.17) is 14.2 Å². The second-order valence-corrected chi connectivity index (χ2v) is 5.72. The summed E-state index contributed by atoms with van der Waals surface area (Å²) < 4.78 is 15.8. The Hall–Kier alpha value is -3.02. The van der Waals surface area contributed by atoms with Gasteiger partial charge in [-0.15, -0.1) is 0 Å². The average molecular weight is 341 g/mol. The first-order valence-corrected chi connectivity index (χ1v) is 7.85. The van der Waals surface area contributed by atoms with Gasteiger partial charge in [-0.3, -0.25) is 4.79 Å². The Balaban J connectivity index is 2.04. The minimum Gasteiger partial charge on any atom is -0.496 e. The Labute approximate surface area is 145 Å². The van der Waals surface area contributed by atoms with Crippen LogP contribution in [0.4, 0.5) is 5.69 Å². The molecule has 25 heavy (non-hydrogen) atoms. The largest absolute Gasteiger partial charge is 0.496 e. The second kappa shape index (κ2) is 6.84. The third-order valence-corrected chi connectivity index (χ3v) is 4.07. The van der Waals surface area contributed by atoms with Crippen molar-refractivity contribution in [3.8, 4) is 11.5 Å². The Kier molecular flexibility index (Phi) is 4.61. The summed E-state index contributed by atoms with van der Waals surface area (Å²) >= 11 is 0. The number of amides is 1. The maximum absolute atomic E-state index is 13.2. The molecule has 1 atom stereocenters. The number of ether oxygens (including phenoxy) is 3. The minimum absolute atomic E-state index is 0.0691.